The van der Waals surface area contributed by atoms with Crippen LogP contribution >= 0.6 is 0 Å². The van der Waals surface area contributed by atoms with Crippen molar-refractivity contribution >= 4 is 27.3 Å². The number of hydrogen-bond donors (Lipinski definition) is 2. The van der Waals surface area contributed by atoms with Crippen molar-refractivity contribution in [3.63, 3.8) is 0 Å². The van der Waals surface area contributed by atoms with E-state index in [0.717, 1.165) is 11.8 Å². The quantitative estimate of drug-likeness (QED) is 0.911. The molecule has 0 fully saturated rings. The smallest absolute Gasteiger partial charge is 0.257 e. The van der Waals surface area contributed by atoms with Crippen molar-refractivity contribution in [1.82, 2.24) is 0 Å². The summed E-state index contributed by atoms with van der Waals surface area (Å²) in [5, 5.41) is 2.74. The van der Waals surface area contributed by atoms with E-state index >= 15 is 0 Å². The van der Waals surface area contributed by atoms with E-state index in [2.05, 4.69) is 10.0 Å². The van der Waals surface area contributed by atoms with Gasteiger partial charge in [-0.25, -0.2) is 8.42 Å². The molecule has 0 saturated heterocycles. The summed E-state index contributed by atoms with van der Waals surface area (Å²) in [6, 6.07) is 13.8. The standard InChI is InChI=1S/C15H16N2O3S/c1-11-7-9-12(10-8-11)16-15(18)13-5-3-4-6-14(13)17-21(2,19)20/h3-10,17H,1-2H3,(H,16,18). The number of carbonyl (C=O) groups excluding carboxylic acids is 1. The Morgan fingerprint density at radius 3 is 2.24 bits per heavy atom. The Morgan fingerprint density at radius 1 is 1.00 bits per heavy atom. The van der Waals surface area contributed by atoms with Crippen molar-refractivity contribution in [2.45, 2.75) is 6.92 Å². The largest absolute Gasteiger partial charge is 0.322 e. The van der Waals surface area contributed by atoms with E-state index in [-0.39, 0.29) is 17.2 Å². The van der Waals surface area contributed by atoms with Gasteiger partial charge in [0, 0.05) is 5.69 Å². The SMILES string of the molecule is Cc1ccc(NC(=O)c2ccccc2NS(C)(=O)=O)cc1. The second-order valence-electron chi connectivity index (χ2n) is 4.74. The van der Waals surface area contributed by atoms with E-state index in [1.54, 1.807) is 36.4 Å². The van der Waals surface area contributed by atoms with Gasteiger partial charge >= 0.3 is 0 Å². The number of sulfonamides is 1. The first kappa shape index (κ1) is 15.1. The summed E-state index contributed by atoms with van der Waals surface area (Å²) in [5.74, 6) is -0.370. The molecule has 5 nitrogen and oxygen atoms in total. The number of benzene rings is 2. The molecule has 0 heterocycles. The highest BCUT2D eigenvalue weighted by Gasteiger charge is 2.13. The van der Waals surface area contributed by atoms with Gasteiger partial charge in [-0.15, -0.1) is 0 Å². The lowest BCUT2D eigenvalue weighted by molar-refractivity contribution is 0.102. The summed E-state index contributed by atoms with van der Waals surface area (Å²) in [7, 11) is -3.44. The Kier molecular flexibility index (Phi) is 4.28. The fraction of sp³-hybridized carbons (Fsp3) is 0.133. The summed E-state index contributed by atoms with van der Waals surface area (Å²) in [6.07, 6.45) is 1.04. The van der Waals surface area contributed by atoms with Crippen LogP contribution in [-0.2, 0) is 10.0 Å². The molecule has 0 radical (unpaired) electrons. The van der Waals surface area contributed by atoms with Crippen LogP contribution in [0.5, 0.6) is 0 Å². The molecule has 110 valence electrons. The van der Waals surface area contributed by atoms with Gasteiger partial charge in [0.15, 0.2) is 0 Å². The molecule has 0 aliphatic rings. The third-order valence-corrected chi connectivity index (χ3v) is 3.37. The molecule has 0 spiro atoms. The molecule has 0 unspecified atom stereocenters. The normalized spacial score (nSPS) is 11.0. The molecular formula is C15H16N2O3S. The molecule has 2 rings (SSSR count). The summed E-state index contributed by atoms with van der Waals surface area (Å²) in [4.78, 5) is 12.3. The molecule has 0 aliphatic heterocycles. The fourth-order valence-corrected chi connectivity index (χ4v) is 2.38. The maximum absolute atomic E-state index is 12.3. The van der Waals surface area contributed by atoms with Crippen LogP contribution in [0, 0.1) is 6.92 Å². The Hall–Kier alpha value is -2.34. The predicted molar refractivity (Wildman–Crippen MR) is 84.0 cm³/mol. The second-order valence-corrected chi connectivity index (χ2v) is 6.49. The van der Waals surface area contributed by atoms with Crippen molar-refractivity contribution in [1.29, 1.82) is 0 Å². The van der Waals surface area contributed by atoms with E-state index in [0.29, 0.717) is 5.69 Å². The third-order valence-electron chi connectivity index (χ3n) is 2.78. The van der Waals surface area contributed by atoms with Gasteiger partial charge in [0.05, 0.1) is 17.5 Å². The molecule has 0 saturated carbocycles. The number of nitrogens with one attached hydrogen (secondary N) is 2. The summed E-state index contributed by atoms with van der Waals surface area (Å²) >= 11 is 0. The highest BCUT2D eigenvalue weighted by atomic mass is 32.2. The van der Waals surface area contributed by atoms with Crippen molar-refractivity contribution in [3.05, 3.63) is 59.7 Å². The fourth-order valence-electron chi connectivity index (χ4n) is 1.81. The zero-order chi connectivity index (χ0) is 15.5. The van der Waals surface area contributed by atoms with E-state index in [9.17, 15) is 13.2 Å². The molecule has 0 aliphatic carbocycles. The minimum Gasteiger partial charge on any atom is -0.322 e. The first-order valence-corrected chi connectivity index (χ1v) is 8.19. The monoisotopic (exact) mass is 304 g/mol. The first-order chi connectivity index (χ1) is 9.85. The van der Waals surface area contributed by atoms with Crippen molar-refractivity contribution in [2.24, 2.45) is 0 Å². The van der Waals surface area contributed by atoms with Crippen LogP contribution in [0.15, 0.2) is 48.5 Å². The lowest BCUT2D eigenvalue weighted by Gasteiger charge is -2.11. The summed E-state index contributed by atoms with van der Waals surface area (Å²) in [5.41, 5.74) is 2.26. The predicted octanol–water partition coefficient (Wildman–Crippen LogP) is 2.62. The van der Waals surface area contributed by atoms with Crippen molar-refractivity contribution in [3.8, 4) is 0 Å². The molecule has 0 atom stereocenters. The average molecular weight is 304 g/mol. The van der Waals surface area contributed by atoms with Gasteiger partial charge < -0.3 is 5.32 Å². The van der Waals surface area contributed by atoms with Crippen LogP contribution in [0.1, 0.15) is 15.9 Å². The van der Waals surface area contributed by atoms with Gasteiger partial charge in [-0.2, -0.15) is 0 Å². The van der Waals surface area contributed by atoms with E-state index in [4.69, 9.17) is 0 Å². The number of aryl methyl sites for hydroxylation is 1. The highest BCUT2D eigenvalue weighted by molar-refractivity contribution is 7.92. The number of rotatable bonds is 4. The van der Waals surface area contributed by atoms with Gasteiger partial charge in [-0.05, 0) is 31.2 Å². The maximum atomic E-state index is 12.3. The first-order valence-electron chi connectivity index (χ1n) is 6.30. The molecule has 21 heavy (non-hydrogen) atoms. The van der Waals surface area contributed by atoms with E-state index < -0.39 is 10.0 Å². The number of amides is 1. The summed E-state index contributed by atoms with van der Waals surface area (Å²) < 4.78 is 25.0. The minimum atomic E-state index is -3.44. The Balaban J connectivity index is 2.25. The number of hydrogen-bond acceptors (Lipinski definition) is 3. The second kappa shape index (κ2) is 5.97. The molecule has 1 amide bonds. The van der Waals surface area contributed by atoms with Crippen molar-refractivity contribution < 1.29 is 13.2 Å². The lowest BCUT2D eigenvalue weighted by atomic mass is 10.1. The van der Waals surface area contributed by atoms with Crippen LogP contribution in [0.2, 0.25) is 0 Å². The van der Waals surface area contributed by atoms with Gasteiger partial charge in [0.1, 0.15) is 0 Å². The highest BCUT2D eigenvalue weighted by Crippen LogP contribution is 2.18. The molecule has 0 aromatic heterocycles. The van der Waals surface area contributed by atoms with E-state index in [1.165, 1.54) is 0 Å². The van der Waals surface area contributed by atoms with Gasteiger partial charge in [0.25, 0.3) is 5.91 Å². The van der Waals surface area contributed by atoms with Crippen LogP contribution in [0.3, 0.4) is 0 Å². The molecule has 2 N–H and O–H groups in total. The van der Waals surface area contributed by atoms with Gasteiger partial charge in [-0.3, -0.25) is 9.52 Å². The molecule has 0 bridgehead atoms. The maximum Gasteiger partial charge on any atom is 0.257 e. The van der Waals surface area contributed by atoms with Crippen LogP contribution in [0.4, 0.5) is 11.4 Å². The topological polar surface area (TPSA) is 75.3 Å². The zero-order valence-electron chi connectivity index (χ0n) is 11.8. The van der Waals surface area contributed by atoms with Gasteiger partial charge in [-0.1, -0.05) is 29.8 Å². The average Bonchev–Trinajstić information content (AvgIpc) is 2.40. The third kappa shape index (κ3) is 4.32. The Bertz CT molecular complexity index is 753. The molecule has 6 heteroatoms. The zero-order valence-corrected chi connectivity index (χ0v) is 12.6. The Morgan fingerprint density at radius 2 is 1.62 bits per heavy atom. The number of carbonyl (C=O) groups is 1. The van der Waals surface area contributed by atoms with E-state index in [1.807, 2.05) is 19.1 Å². The molecular weight excluding hydrogens is 288 g/mol. The van der Waals surface area contributed by atoms with Gasteiger partial charge in [0.2, 0.25) is 10.0 Å². The van der Waals surface area contributed by atoms with Crippen molar-refractivity contribution in [2.75, 3.05) is 16.3 Å². The summed E-state index contributed by atoms with van der Waals surface area (Å²) in [6.45, 7) is 1.96. The molecule has 2 aromatic carbocycles. The van der Waals surface area contributed by atoms with Crippen LogP contribution in [-0.4, -0.2) is 20.6 Å². The number of para-hydroxylation sites is 1. The van der Waals surface area contributed by atoms with Crippen LogP contribution < -0.4 is 10.0 Å². The van der Waals surface area contributed by atoms with Crippen LogP contribution in [0.25, 0.3) is 0 Å². The lowest BCUT2D eigenvalue weighted by Crippen LogP contribution is -2.17. The molecule has 2 aromatic rings. The minimum absolute atomic E-state index is 0.254. The number of anilines is 2. The Labute approximate surface area is 124 Å².